The Morgan fingerprint density at radius 3 is 2.79 bits per heavy atom. The van der Waals surface area contributed by atoms with Crippen molar-refractivity contribution < 1.29 is 9.53 Å². The number of rotatable bonds is 3. The molecule has 0 aromatic heterocycles. The van der Waals surface area contributed by atoms with Crippen molar-refractivity contribution >= 4 is 5.97 Å². The highest BCUT2D eigenvalue weighted by Gasteiger charge is 2.46. The van der Waals surface area contributed by atoms with E-state index in [4.69, 9.17) is 10.5 Å². The molecule has 2 fully saturated rings. The van der Waals surface area contributed by atoms with Gasteiger partial charge in [-0.1, -0.05) is 13.8 Å². The van der Waals surface area contributed by atoms with Crippen LogP contribution in [0, 0.1) is 5.41 Å². The highest BCUT2D eigenvalue weighted by molar-refractivity contribution is 5.81. The Morgan fingerprint density at radius 1 is 1.42 bits per heavy atom. The molecule has 4 heteroatoms. The molecular weight excluding hydrogens is 240 g/mol. The van der Waals surface area contributed by atoms with Crippen LogP contribution in [0.4, 0.5) is 0 Å². The molecule has 2 N–H and O–H groups in total. The van der Waals surface area contributed by atoms with E-state index in [-0.39, 0.29) is 5.97 Å². The lowest BCUT2D eigenvalue weighted by Crippen LogP contribution is -2.50. The second kappa shape index (κ2) is 5.41. The summed E-state index contributed by atoms with van der Waals surface area (Å²) < 4.78 is 5.12. The molecule has 0 amide bonds. The maximum Gasteiger partial charge on any atom is 0.326 e. The Balaban J connectivity index is 1.96. The van der Waals surface area contributed by atoms with Gasteiger partial charge in [0.2, 0.25) is 0 Å². The number of piperidine rings is 1. The first-order valence-electron chi connectivity index (χ1n) is 7.56. The minimum Gasteiger partial charge on any atom is -0.465 e. The molecule has 0 spiro atoms. The predicted octanol–water partition coefficient (Wildman–Crippen LogP) is 1.92. The zero-order valence-corrected chi connectivity index (χ0v) is 12.6. The third-order valence-corrected chi connectivity index (χ3v) is 4.65. The largest absolute Gasteiger partial charge is 0.465 e. The fourth-order valence-corrected chi connectivity index (χ4v) is 3.60. The van der Waals surface area contributed by atoms with E-state index < -0.39 is 5.54 Å². The van der Waals surface area contributed by atoms with E-state index in [1.165, 1.54) is 12.8 Å². The Hall–Kier alpha value is -0.610. The van der Waals surface area contributed by atoms with Crippen LogP contribution in [0.15, 0.2) is 0 Å². The number of esters is 1. The Kier molecular flexibility index (Phi) is 4.21. The second-order valence-corrected chi connectivity index (χ2v) is 7.01. The van der Waals surface area contributed by atoms with E-state index >= 15 is 0 Å². The Bertz CT molecular complexity index is 343. The van der Waals surface area contributed by atoms with Gasteiger partial charge in [-0.2, -0.15) is 0 Å². The van der Waals surface area contributed by atoms with Crippen molar-refractivity contribution in [2.24, 2.45) is 11.1 Å². The molecule has 4 nitrogen and oxygen atoms in total. The second-order valence-electron chi connectivity index (χ2n) is 7.01. The molecule has 1 heterocycles. The van der Waals surface area contributed by atoms with Crippen LogP contribution in [-0.2, 0) is 9.53 Å². The summed E-state index contributed by atoms with van der Waals surface area (Å²) in [6.07, 6.45) is 5.07. The molecule has 0 bridgehead atoms. The zero-order chi connectivity index (χ0) is 14.1. The van der Waals surface area contributed by atoms with Crippen LogP contribution in [0.5, 0.6) is 0 Å². The minimum absolute atomic E-state index is 0.214. The fourth-order valence-electron chi connectivity index (χ4n) is 3.60. The molecule has 0 radical (unpaired) electrons. The maximum atomic E-state index is 12.0. The van der Waals surface area contributed by atoms with Crippen molar-refractivity contribution in [1.29, 1.82) is 0 Å². The van der Waals surface area contributed by atoms with E-state index in [9.17, 15) is 4.79 Å². The van der Waals surface area contributed by atoms with Crippen molar-refractivity contribution in [3.8, 4) is 0 Å². The molecule has 2 unspecified atom stereocenters. The van der Waals surface area contributed by atoms with Crippen LogP contribution < -0.4 is 5.73 Å². The molecular formula is C15H28N2O2. The van der Waals surface area contributed by atoms with Crippen molar-refractivity contribution in [2.45, 2.75) is 64.5 Å². The van der Waals surface area contributed by atoms with Crippen molar-refractivity contribution in [3.05, 3.63) is 0 Å². The van der Waals surface area contributed by atoms with Gasteiger partial charge in [-0.15, -0.1) is 0 Å². The van der Waals surface area contributed by atoms with E-state index in [0.717, 1.165) is 32.4 Å². The summed E-state index contributed by atoms with van der Waals surface area (Å²) in [4.78, 5) is 14.5. The highest BCUT2D eigenvalue weighted by Crippen LogP contribution is 2.37. The van der Waals surface area contributed by atoms with Crippen LogP contribution in [0.2, 0.25) is 0 Å². The predicted molar refractivity (Wildman–Crippen MR) is 75.8 cm³/mol. The molecule has 1 aliphatic carbocycles. The lowest BCUT2D eigenvalue weighted by atomic mass is 9.83. The SMILES string of the molecule is CCOC(=O)C1(N)CCC(N2CCCC(C)(C)C2)C1. The van der Waals surface area contributed by atoms with Crippen LogP contribution in [0.1, 0.15) is 52.9 Å². The van der Waals surface area contributed by atoms with Gasteiger partial charge in [-0.3, -0.25) is 9.69 Å². The first-order valence-corrected chi connectivity index (χ1v) is 7.56. The van der Waals surface area contributed by atoms with Gasteiger partial charge in [0.25, 0.3) is 0 Å². The van der Waals surface area contributed by atoms with Crippen molar-refractivity contribution in [1.82, 2.24) is 4.90 Å². The average molecular weight is 268 g/mol. The van der Waals surface area contributed by atoms with Gasteiger partial charge in [0.1, 0.15) is 5.54 Å². The van der Waals surface area contributed by atoms with Gasteiger partial charge in [0, 0.05) is 12.6 Å². The van der Waals surface area contributed by atoms with Crippen molar-refractivity contribution in [2.75, 3.05) is 19.7 Å². The lowest BCUT2D eigenvalue weighted by molar-refractivity contribution is -0.149. The molecule has 2 aliphatic rings. The third-order valence-electron chi connectivity index (χ3n) is 4.65. The summed E-state index contributed by atoms with van der Waals surface area (Å²) in [6, 6.07) is 0.453. The fraction of sp³-hybridized carbons (Fsp3) is 0.933. The van der Waals surface area contributed by atoms with Gasteiger partial charge in [0.15, 0.2) is 0 Å². The lowest BCUT2D eigenvalue weighted by Gasteiger charge is -2.41. The van der Waals surface area contributed by atoms with Gasteiger partial charge in [0.05, 0.1) is 6.61 Å². The third kappa shape index (κ3) is 3.29. The van der Waals surface area contributed by atoms with E-state index in [1.807, 2.05) is 6.92 Å². The monoisotopic (exact) mass is 268 g/mol. The van der Waals surface area contributed by atoms with E-state index in [1.54, 1.807) is 0 Å². The molecule has 0 aromatic carbocycles. The average Bonchev–Trinajstić information content (AvgIpc) is 2.72. The number of ether oxygens (including phenoxy) is 1. The molecule has 0 aromatic rings. The number of nitrogens with two attached hydrogens (primary N) is 1. The summed E-state index contributed by atoms with van der Waals surface area (Å²) in [5, 5.41) is 0. The Labute approximate surface area is 116 Å². The maximum absolute atomic E-state index is 12.0. The summed E-state index contributed by atoms with van der Waals surface area (Å²) in [5.41, 5.74) is 5.90. The number of hydrogen-bond donors (Lipinski definition) is 1. The van der Waals surface area contributed by atoms with E-state index in [2.05, 4.69) is 18.7 Å². The van der Waals surface area contributed by atoms with Gasteiger partial charge in [-0.25, -0.2) is 0 Å². The normalized spacial score (nSPS) is 35.3. The molecule has 2 rings (SSSR count). The van der Waals surface area contributed by atoms with E-state index in [0.29, 0.717) is 18.1 Å². The number of carbonyl (C=O) groups excluding carboxylic acids is 1. The van der Waals surface area contributed by atoms with Gasteiger partial charge < -0.3 is 10.5 Å². The summed E-state index contributed by atoms with van der Waals surface area (Å²) in [6.45, 7) is 9.17. The zero-order valence-electron chi connectivity index (χ0n) is 12.6. The molecule has 1 saturated heterocycles. The van der Waals surface area contributed by atoms with Crippen LogP contribution in [-0.4, -0.2) is 42.1 Å². The highest BCUT2D eigenvalue weighted by atomic mass is 16.5. The summed E-state index contributed by atoms with van der Waals surface area (Å²) in [5.74, 6) is -0.214. The minimum atomic E-state index is -0.748. The van der Waals surface area contributed by atoms with Crippen LogP contribution in [0.25, 0.3) is 0 Å². The number of likely N-dealkylation sites (tertiary alicyclic amines) is 1. The van der Waals surface area contributed by atoms with Gasteiger partial charge >= 0.3 is 5.97 Å². The standard InChI is InChI=1S/C15H28N2O2/c1-4-19-13(18)15(16)8-6-12(10-15)17-9-5-7-14(2,3)11-17/h12H,4-11,16H2,1-3H3. The first kappa shape index (κ1) is 14.8. The molecule has 19 heavy (non-hydrogen) atoms. The summed E-state index contributed by atoms with van der Waals surface area (Å²) >= 11 is 0. The Morgan fingerprint density at radius 2 is 2.16 bits per heavy atom. The number of nitrogens with zero attached hydrogens (tertiary/aromatic N) is 1. The molecule has 110 valence electrons. The molecule has 2 atom stereocenters. The van der Waals surface area contributed by atoms with Crippen molar-refractivity contribution in [3.63, 3.8) is 0 Å². The smallest absolute Gasteiger partial charge is 0.326 e. The topological polar surface area (TPSA) is 55.6 Å². The summed E-state index contributed by atoms with van der Waals surface area (Å²) in [7, 11) is 0. The van der Waals surface area contributed by atoms with Crippen LogP contribution in [0.3, 0.4) is 0 Å². The molecule has 1 saturated carbocycles. The van der Waals surface area contributed by atoms with Crippen LogP contribution >= 0.6 is 0 Å². The first-order chi connectivity index (χ1) is 8.86. The number of hydrogen-bond acceptors (Lipinski definition) is 4. The molecule has 1 aliphatic heterocycles. The number of carbonyl (C=O) groups is 1. The van der Waals surface area contributed by atoms with Gasteiger partial charge in [-0.05, 0) is 51.0 Å². The quantitative estimate of drug-likeness (QED) is 0.795.